The molecule has 1 unspecified atom stereocenters. The first kappa shape index (κ1) is 15.7. The van der Waals surface area contributed by atoms with Crippen LogP contribution in [0.4, 0.5) is 4.79 Å². The van der Waals surface area contributed by atoms with Gasteiger partial charge in [0.1, 0.15) is 0 Å². The Morgan fingerprint density at radius 2 is 2.32 bits per heavy atom. The second-order valence-electron chi connectivity index (χ2n) is 4.43. The number of carboxylic acids is 1. The van der Waals surface area contributed by atoms with E-state index in [1.165, 1.54) is 0 Å². The third-order valence-corrected chi connectivity index (χ3v) is 4.02. The van der Waals surface area contributed by atoms with Gasteiger partial charge in [-0.1, -0.05) is 12.8 Å². The lowest BCUT2D eigenvalue weighted by Crippen LogP contribution is -2.52. The third kappa shape index (κ3) is 4.67. The van der Waals surface area contributed by atoms with Crippen molar-refractivity contribution in [2.24, 2.45) is 0 Å². The average molecular weight is 284 g/mol. The minimum absolute atomic E-state index is 0.00520. The van der Waals surface area contributed by atoms with Gasteiger partial charge in [-0.15, -0.1) is 6.42 Å². The number of carbonyl (C=O) groups excluding carboxylic acids is 1. The number of rotatable bonds is 5. The topological polar surface area (TPSA) is 60.9 Å². The highest BCUT2D eigenvalue weighted by Gasteiger charge is 2.31. The first-order valence-corrected chi connectivity index (χ1v) is 7.54. The van der Waals surface area contributed by atoms with E-state index in [0.29, 0.717) is 18.8 Å². The normalized spacial score (nSPS) is 18.7. The van der Waals surface area contributed by atoms with Gasteiger partial charge >= 0.3 is 12.0 Å². The fourth-order valence-electron chi connectivity index (χ4n) is 2.08. The van der Waals surface area contributed by atoms with Crippen LogP contribution in [0.15, 0.2) is 0 Å². The maximum absolute atomic E-state index is 12.4. The average Bonchev–Trinajstić information content (AvgIpc) is 2.38. The quantitative estimate of drug-likeness (QED) is 0.774. The van der Waals surface area contributed by atoms with E-state index in [9.17, 15) is 9.59 Å². The SMILES string of the molecule is C#CCN(CCC)C(=O)N1CCSCC1CC(=O)O. The number of urea groups is 1. The Bertz CT molecular complexity index is 367. The van der Waals surface area contributed by atoms with Gasteiger partial charge in [-0.05, 0) is 6.42 Å². The molecule has 0 aromatic rings. The highest BCUT2D eigenvalue weighted by Crippen LogP contribution is 2.20. The van der Waals surface area contributed by atoms with Crippen molar-refractivity contribution in [2.45, 2.75) is 25.8 Å². The standard InChI is InChI=1S/C13H20N2O3S/c1-3-5-14(6-4-2)13(18)15-7-8-19-10-11(15)9-12(16)17/h1,11H,4-10H2,2H3,(H,16,17). The molecule has 106 valence electrons. The van der Waals surface area contributed by atoms with Gasteiger partial charge in [-0.2, -0.15) is 11.8 Å². The summed E-state index contributed by atoms with van der Waals surface area (Å²) in [5.41, 5.74) is 0. The van der Waals surface area contributed by atoms with Crippen molar-refractivity contribution >= 4 is 23.8 Å². The predicted octanol–water partition coefficient (Wildman–Crippen LogP) is 1.34. The van der Waals surface area contributed by atoms with Gasteiger partial charge in [0, 0.05) is 24.6 Å². The summed E-state index contributed by atoms with van der Waals surface area (Å²) in [6.07, 6.45) is 6.11. The Morgan fingerprint density at radius 1 is 1.58 bits per heavy atom. The van der Waals surface area contributed by atoms with E-state index in [4.69, 9.17) is 11.5 Å². The minimum Gasteiger partial charge on any atom is -0.481 e. The van der Waals surface area contributed by atoms with Crippen molar-refractivity contribution in [1.29, 1.82) is 0 Å². The zero-order valence-electron chi connectivity index (χ0n) is 11.2. The van der Waals surface area contributed by atoms with Crippen LogP contribution in [0.25, 0.3) is 0 Å². The summed E-state index contributed by atoms with van der Waals surface area (Å²) in [5, 5.41) is 8.92. The first-order valence-electron chi connectivity index (χ1n) is 6.38. The van der Waals surface area contributed by atoms with Crippen molar-refractivity contribution in [3.63, 3.8) is 0 Å². The second kappa shape index (κ2) is 7.95. The van der Waals surface area contributed by atoms with Gasteiger partial charge in [-0.3, -0.25) is 4.79 Å². The summed E-state index contributed by atoms with van der Waals surface area (Å²) in [4.78, 5) is 26.6. The van der Waals surface area contributed by atoms with Crippen LogP contribution in [0.3, 0.4) is 0 Å². The van der Waals surface area contributed by atoms with Gasteiger partial charge in [0.2, 0.25) is 0 Å². The fourth-order valence-corrected chi connectivity index (χ4v) is 3.14. The highest BCUT2D eigenvalue weighted by molar-refractivity contribution is 7.99. The van der Waals surface area contributed by atoms with E-state index < -0.39 is 5.97 Å². The zero-order valence-corrected chi connectivity index (χ0v) is 12.0. The fraction of sp³-hybridized carbons (Fsp3) is 0.692. The molecule has 1 rings (SSSR count). The molecule has 0 radical (unpaired) electrons. The maximum atomic E-state index is 12.4. The van der Waals surface area contributed by atoms with Gasteiger partial charge in [0.15, 0.2) is 0 Å². The third-order valence-electron chi connectivity index (χ3n) is 2.93. The lowest BCUT2D eigenvalue weighted by atomic mass is 10.2. The molecule has 0 saturated carbocycles. The molecule has 0 spiro atoms. The molecule has 1 aliphatic heterocycles. The van der Waals surface area contributed by atoms with Crippen LogP contribution >= 0.6 is 11.8 Å². The number of amides is 2. The zero-order chi connectivity index (χ0) is 14.3. The molecule has 0 aliphatic carbocycles. The van der Waals surface area contributed by atoms with E-state index in [1.54, 1.807) is 21.6 Å². The van der Waals surface area contributed by atoms with Crippen molar-refractivity contribution in [3.8, 4) is 12.3 Å². The summed E-state index contributed by atoms with van der Waals surface area (Å²) < 4.78 is 0. The molecule has 5 nitrogen and oxygen atoms in total. The molecular formula is C13H20N2O3S. The van der Waals surface area contributed by atoms with E-state index in [-0.39, 0.29) is 25.0 Å². The van der Waals surface area contributed by atoms with Crippen LogP contribution in [0, 0.1) is 12.3 Å². The Morgan fingerprint density at radius 3 is 2.89 bits per heavy atom. The number of carboxylic acid groups (broad SMARTS) is 1. The Balaban J connectivity index is 2.74. The molecule has 0 aromatic carbocycles. The van der Waals surface area contributed by atoms with E-state index in [2.05, 4.69) is 5.92 Å². The number of hydrogen-bond donors (Lipinski definition) is 1. The van der Waals surface area contributed by atoms with Crippen LogP contribution in [0.1, 0.15) is 19.8 Å². The van der Waals surface area contributed by atoms with Gasteiger partial charge in [-0.25, -0.2) is 4.79 Å². The number of hydrogen-bond acceptors (Lipinski definition) is 3. The minimum atomic E-state index is -0.871. The van der Waals surface area contributed by atoms with Crippen molar-refractivity contribution in [1.82, 2.24) is 9.80 Å². The summed E-state index contributed by atoms with van der Waals surface area (Å²) >= 11 is 1.69. The molecule has 1 heterocycles. The molecule has 19 heavy (non-hydrogen) atoms. The number of terminal acetylenes is 1. The Hall–Kier alpha value is -1.35. The molecule has 2 amide bonds. The number of thioether (sulfide) groups is 1. The molecule has 1 N–H and O–H groups in total. The van der Waals surface area contributed by atoms with Crippen molar-refractivity contribution in [3.05, 3.63) is 0 Å². The van der Waals surface area contributed by atoms with E-state index in [0.717, 1.165) is 12.2 Å². The van der Waals surface area contributed by atoms with Crippen molar-refractivity contribution < 1.29 is 14.7 Å². The van der Waals surface area contributed by atoms with E-state index in [1.807, 2.05) is 6.92 Å². The van der Waals surface area contributed by atoms with E-state index >= 15 is 0 Å². The first-order chi connectivity index (χ1) is 9.10. The number of carbonyl (C=O) groups is 2. The van der Waals surface area contributed by atoms with Crippen LogP contribution in [0.5, 0.6) is 0 Å². The summed E-state index contributed by atoms with van der Waals surface area (Å²) in [5.74, 6) is 3.13. The molecule has 1 saturated heterocycles. The molecule has 1 fully saturated rings. The molecule has 0 aromatic heterocycles. The number of nitrogens with zero attached hydrogens (tertiary/aromatic N) is 2. The van der Waals surface area contributed by atoms with Crippen LogP contribution < -0.4 is 0 Å². The van der Waals surface area contributed by atoms with Gasteiger partial charge in [0.05, 0.1) is 19.0 Å². The highest BCUT2D eigenvalue weighted by atomic mass is 32.2. The van der Waals surface area contributed by atoms with Crippen LogP contribution in [-0.4, -0.2) is 64.1 Å². The monoisotopic (exact) mass is 284 g/mol. The lowest BCUT2D eigenvalue weighted by molar-refractivity contribution is -0.138. The predicted molar refractivity (Wildman–Crippen MR) is 76.2 cm³/mol. The second-order valence-corrected chi connectivity index (χ2v) is 5.58. The molecule has 0 bridgehead atoms. The smallest absolute Gasteiger partial charge is 0.321 e. The summed E-state index contributed by atoms with van der Waals surface area (Å²) in [6.45, 7) is 3.45. The lowest BCUT2D eigenvalue weighted by Gasteiger charge is -2.37. The molecule has 1 atom stereocenters. The maximum Gasteiger partial charge on any atom is 0.321 e. The van der Waals surface area contributed by atoms with Crippen LogP contribution in [0.2, 0.25) is 0 Å². The summed E-state index contributed by atoms with van der Waals surface area (Å²) in [7, 11) is 0. The molecular weight excluding hydrogens is 264 g/mol. The largest absolute Gasteiger partial charge is 0.481 e. The van der Waals surface area contributed by atoms with Crippen LogP contribution in [-0.2, 0) is 4.79 Å². The Kier molecular flexibility index (Phi) is 6.57. The van der Waals surface area contributed by atoms with Gasteiger partial charge < -0.3 is 14.9 Å². The Labute approximate surface area is 118 Å². The van der Waals surface area contributed by atoms with Crippen molar-refractivity contribution in [2.75, 3.05) is 31.1 Å². The molecule has 1 aliphatic rings. The van der Waals surface area contributed by atoms with Gasteiger partial charge in [0.25, 0.3) is 0 Å². The summed E-state index contributed by atoms with van der Waals surface area (Å²) in [6, 6.07) is -0.368. The molecule has 6 heteroatoms. The number of aliphatic carboxylic acids is 1.